The summed E-state index contributed by atoms with van der Waals surface area (Å²) >= 11 is 0. The molecule has 0 aromatic heterocycles. The van der Waals surface area contributed by atoms with Crippen molar-refractivity contribution in [3.05, 3.63) is 0 Å². The van der Waals surface area contributed by atoms with Crippen LogP contribution >= 0.6 is 0 Å². The Morgan fingerprint density at radius 1 is 0.914 bits per heavy atom. The molecule has 0 aromatic rings. The number of ether oxygens (including phenoxy) is 2. The van der Waals surface area contributed by atoms with Gasteiger partial charge in [0.05, 0.1) is 18.2 Å². The maximum atomic E-state index is 15.1. The second-order valence-corrected chi connectivity index (χ2v) is 21.0. The maximum absolute atomic E-state index is 15.1. The van der Waals surface area contributed by atoms with Gasteiger partial charge >= 0.3 is 5.97 Å². The molecule has 0 aromatic carbocycles. The Labute approximate surface area is 410 Å². The average molecular weight is 997 g/mol. The van der Waals surface area contributed by atoms with Gasteiger partial charge < -0.3 is 45.6 Å². The molecule has 11 atom stereocenters. The van der Waals surface area contributed by atoms with Crippen molar-refractivity contribution >= 4 is 47.3 Å². The number of hydrogen-bond donors (Lipinski definition) is 7. The van der Waals surface area contributed by atoms with Crippen molar-refractivity contribution in [2.45, 2.75) is 193 Å². The summed E-state index contributed by atoms with van der Waals surface area (Å²) in [6, 6.07) is -8.88. The van der Waals surface area contributed by atoms with E-state index in [1.165, 1.54) is 41.7 Å². The van der Waals surface area contributed by atoms with Crippen LogP contribution in [0.2, 0.25) is 0 Å². The molecule has 0 radical (unpaired) electrons. The summed E-state index contributed by atoms with van der Waals surface area (Å²) in [6.45, 7) is 13.8. The first-order valence-corrected chi connectivity index (χ1v) is 24.8. The lowest BCUT2D eigenvalue weighted by Gasteiger charge is -2.48. The van der Waals surface area contributed by atoms with Crippen LogP contribution in [0.5, 0.6) is 0 Å². The number of aliphatic hydroxyl groups is 3. The molecule has 23 nitrogen and oxygen atoms in total. The van der Waals surface area contributed by atoms with Gasteiger partial charge in [0.2, 0.25) is 17.6 Å². The quantitative estimate of drug-likeness (QED) is 0.102. The molecular weight excluding hydrogens is 917 g/mol. The summed E-state index contributed by atoms with van der Waals surface area (Å²) in [5, 5.41) is 63.2. The van der Waals surface area contributed by atoms with E-state index in [9.17, 15) is 59.3 Å². The second-order valence-electron chi connectivity index (χ2n) is 21.0. The van der Waals surface area contributed by atoms with Crippen molar-refractivity contribution in [1.82, 2.24) is 35.3 Å². The van der Waals surface area contributed by atoms with E-state index in [0.29, 0.717) is 19.3 Å². The monoisotopic (exact) mass is 997 g/mol. The average Bonchev–Trinajstić information content (AvgIpc) is 3.62. The van der Waals surface area contributed by atoms with Crippen LogP contribution in [0.1, 0.15) is 133 Å². The van der Waals surface area contributed by atoms with Crippen LogP contribution in [0.4, 0.5) is 0 Å². The van der Waals surface area contributed by atoms with Crippen LogP contribution in [0.15, 0.2) is 0 Å². The lowest BCUT2D eigenvalue weighted by molar-refractivity contribution is -0.329. The van der Waals surface area contributed by atoms with Gasteiger partial charge in [-0.2, -0.15) is 0 Å². The number of likely N-dealkylation sites (N-methyl/N-ethyl adjacent to an activating group) is 1. The van der Waals surface area contributed by atoms with E-state index >= 15 is 4.79 Å². The van der Waals surface area contributed by atoms with Crippen molar-refractivity contribution in [2.24, 2.45) is 29.4 Å². The molecule has 8 N–H and O–H groups in total. The lowest BCUT2D eigenvalue weighted by atomic mass is 9.78. The Morgan fingerprint density at radius 3 is 2.11 bits per heavy atom. The van der Waals surface area contributed by atoms with Gasteiger partial charge in [-0.15, -0.1) is 0 Å². The van der Waals surface area contributed by atoms with Gasteiger partial charge in [-0.05, 0) is 82.5 Å². The summed E-state index contributed by atoms with van der Waals surface area (Å²) in [4.78, 5) is 117. The van der Waals surface area contributed by atoms with Crippen molar-refractivity contribution in [3.8, 4) is 0 Å². The second kappa shape index (κ2) is 23.4. The van der Waals surface area contributed by atoms with Gasteiger partial charge in [-0.3, -0.25) is 44.0 Å². The van der Waals surface area contributed by atoms with Gasteiger partial charge in [-0.1, -0.05) is 68.2 Å². The summed E-state index contributed by atoms with van der Waals surface area (Å²) in [7, 11) is 1.18. The molecule has 70 heavy (non-hydrogen) atoms. The van der Waals surface area contributed by atoms with Crippen molar-refractivity contribution < 1.29 is 73.6 Å². The molecule has 0 saturated carbocycles. The zero-order chi connectivity index (χ0) is 53.0. The normalized spacial score (nSPS) is 32.5. The number of hydrogen-bond acceptors (Lipinski definition) is 16. The molecule has 4 saturated heterocycles. The highest BCUT2D eigenvalue weighted by molar-refractivity contribution is 5.98. The van der Waals surface area contributed by atoms with Crippen LogP contribution in [0, 0.1) is 23.7 Å². The Morgan fingerprint density at radius 2 is 1.56 bits per heavy atom. The first kappa shape index (κ1) is 58.1. The maximum Gasteiger partial charge on any atom is 0.332 e. The molecule has 23 heteroatoms. The summed E-state index contributed by atoms with van der Waals surface area (Å²) in [5.41, 5.74) is 0.923. The highest BCUT2D eigenvalue weighted by Gasteiger charge is 2.59. The molecule has 4 heterocycles. The molecule has 0 spiro atoms. The van der Waals surface area contributed by atoms with E-state index < -0.39 is 132 Å². The van der Waals surface area contributed by atoms with Crippen LogP contribution in [-0.4, -0.2) is 196 Å². The Balaban J connectivity index is 1.92. The van der Waals surface area contributed by atoms with Gasteiger partial charge in [0.25, 0.3) is 29.5 Å². The number of nitrogens with two attached hydrogens (primary N) is 1. The topological polar surface area (TPSA) is 314 Å². The Kier molecular flexibility index (Phi) is 19.4. The minimum Gasteiger partial charge on any atom is -0.458 e. The van der Waals surface area contributed by atoms with Gasteiger partial charge in [0, 0.05) is 26.6 Å². The fourth-order valence-corrected chi connectivity index (χ4v) is 10.3. The van der Waals surface area contributed by atoms with Crippen LogP contribution < -0.4 is 11.1 Å². The van der Waals surface area contributed by atoms with E-state index in [1.54, 1.807) is 6.92 Å². The third-order valence-corrected chi connectivity index (χ3v) is 14.4. The number of hydrazine groups is 1. The van der Waals surface area contributed by atoms with Gasteiger partial charge in [0.1, 0.15) is 36.8 Å². The molecule has 0 aliphatic carbocycles. The van der Waals surface area contributed by atoms with E-state index in [0.717, 1.165) is 33.2 Å². The third-order valence-electron chi connectivity index (χ3n) is 14.4. The van der Waals surface area contributed by atoms with Crippen LogP contribution in [-0.2, 0) is 47.8 Å². The number of fused-ring (bicyclic) bond motifs is 2. The number of carbonyl (C=O) groups is 8. The molecule has 7 amide bonds. The van der Waals surface area contributed by atoms with Gasteiger partial charge in [0.15, 0.2) is 11.6 Å². The summed E-state index contributed by atoms with van der Waals surface area (Å²) < 4.78 is 12.2. The molecular formula is C47H80N8O15. The largest absolute Gasteiger partial charge is 0.458 e. The van der Waals surface area contributed by atoms with Crippen LogP contribution in [0.25, 0.3) is 0 Å². The number of unbranched alkanes of at least 4 members (excludes halogenated alkanes) is 1. The Hall–Kier alpha value is -4.52. The molecule has 0 bridgehead atoms. The standard InChI is InChI=1S/C47H80N8O15/c1-12-14-16-30-40(59)53(67)25-34(57)54-31(17-15-21-52(54)33(56)24-48)39(58)51-22-20-45(9,64)38(51)42(61)55(68)36(27(5)6)43(62)69-37(28(7)8)35(41(60)50(30)11)49-44(63)46(10,65)47(66)19-18-29(23-26(3)4)32(13-2)70-47/h26-32,35-38,64-68H,12-25,48H2,1-11H3,(H,49,63). The minimum atomic E-state index is -2.76. The fourth-order valence-electron chi connectivity index (χ4n) is 10.3. The number of nitrogens with one attached hydrogen (secondary N) is 1. The van der Waals surface area contributed by atoms with Crippen molar-refractivity contribution in [2.75, 3.05) is 33.2 Å². The number of carbonyl (C=O) groups excluding carboxylic acids is 8. The summed E-state index contributed by atoms with van der Waals surface area (Å²) in [6.07, 6.45) is -0.378. The van der Waals surface area contributed by atoms with E-state index in [1.807, 2.05) is 20.8 Å². The first-order valence-electron chi connectivity index (χ1n) is 24.8. The highest BCUT2D eigenvalue weighted by Crippen LogP contribution is 2.42. The highest BCUT2D eigenvalue weighted by atomic mass is 16.6. The number of esters is 1. The first-order chi connectivity index (χ1) is 32.5. The minimum absolute atomic E-state index is 0.00177. The van der Waals surface area contributed by atoms with E-state index in [-0.39, 0.29) is 73.6 Å². The van der Waals surface area contributed by atoms with Crippen molar-refractivity contribution in [1.29, 1.82) is 0 Å². The smallest absolute Gasteiger partial charge is 0.332 e. The lowest BCUT2D eigenvalue weighted by Crippen LogP contribution is -2.69. The number of amides is 7. The van der Waals surface area contributed by atoms with Crippen LogP contribution in [0.3, 0.4) is 0 Å². The molecule has 4 fully saturated rings. The molecule has 4 aliphatic rings. The molecule has 4 aliphatic heterocycles. The molecule has 11 unspecified atom stereocenters. The number of rotatable bonds is 12. The molecule has 398 valence electrons. The fraction of sp³-hybridized carbons (Fsp3) is 0.830. The zero-order valence-corrected chi connectivity index (χ0v) is 42.8. The number of cyclic esters (lactones) is 1. The Bertz CT molecular complexity index is 1930. The third kappa shape index (κ3) is 12.0. The summed E-state index contributed by atoms with van der Waals surface area (Å²) in [5.74, 6) is -13.1. The number of nitrogens with zero attached hydrogens (tertiary/aromatic N) is 6. The zero-order valence-electron chi connectivity index (χ0n) is 42.8. The molecule has 4 rings (SSSR count). The van der Waals surface area contributed by atoms with E-state index in [2.05, 4.69) is 5.32 Å². The predicted octanol–water partition coefficient (Wildman–Crippen LogP) is 0.266. The van der Waals surface area contributed by atoms with Gasteiger partial charge in [-0.25, -0.2) is 24.9 Å². The number of hydroxylamine groups is 4. The predicted molar refractivity (Wildman–Crippen MR) is 248 cm³/mol. The van der Waals surface area contributed by atoms with E-state index in [4.69, 9.17) is 15.2 Å². The van der Waals surface area contributed by atoms with Crippen molar-refractivity contribution in [3.63, 3.8) is 0 Å². The SMILES string of the molecule is CCCCC1C(=O)N(O)CC(=O)N2C(CCCN2C(=O)CN)C(=O)N2CCC(C)(O)C2C(=O)N(O)C(C(C)C)C(=O)OC(C(C)C)C(NC(=O)C(C)(O)C2(O)CCC(CC(C)C)C(CC)O2)C(=O)N1C.